The highest BCUT2D eigenvalue weighted by molar-refractivity contribution is 6.03. The third-order valence-corrected chi connectivity index (χ3v) is 24.8. The number of likely N-dealkylation sites (N-methyl/N-ethyl adjacent to an activating group) is 1. The second-order valence-electron chi connectivity index (χ2n) is 33.6. The lowest BCUT2D eigenvalue weighted by atomic mass is 10.0. The number of nitriles is 5. The Hall–Kier alpha value is -16.4. The first-order valence-electron chi connectivity index (χ1n) is 46.7. The average molecular weight is 1860 g/mol. The van der Waals surface area contributed by atoms with Crippen molar-refractivity contribution in [1.82, 2.24) is 53.9 Å². The van der Waals surface area contributed by atoms with Crippen molar-refractivity contribution in [1.29, 1.82) is 26.3 Å². The van der Waals surface area contributed by atoms with Crippen LogP contribution in [0.4, 0.5) is 0 Å². The predicted octanol–water partition coefficient (Wildman–Crippen LogP) is 20.0. The van der Waals surface area contributed by atoms with Gasteiger partial charge in [-0.2, -0.15) is 26.3 Å². The molecule has 5 amide bonds. The van der Waals surface area contributed by atoms with Gasteiger partial charge in [0.25, 0.3) is 29.5 Å². The van der Waals surface area contributed by atoms with E-state index in [4.69, 9.17) is 28.4 Å². The standard InChI is InChI=1S/C25H28N4O2.C22H23N3O3.C22H21N3O2.C22H23N3O2.C21H21N3O2/c1-4-29-23-11-10-20(31-3)16-21(23)22(17-26)24(29)18-6-8-19(9-7-18)25(30)28-13-5-12-27(2)14-15-28;1-4-25-20-10-9-17(28-3)13-18(20)19(14-23)21(25)15-5-7-16(8-6-15)22(26)24-11-12-27-2;1-3-25-20-11-10-17(27-2)12-18(20)19(13-23)21(25)14-4-6-15(7-5-14)22(26)24-16-8-9-16;1-5-25-20-11-10-17(27-4)12-18(20)19(13-23)21(25)15-6-8-16(9-7-15)22(26)24-14(2)3;1-4-23-21(25)15-8-6-14(7-9-15)20-18(13-22)17-12-16(26-3)10-11-19(17)24(20)5-2/h6-11,16H,4-5,12-15H2,1-3H3;5-10,13H,4,11-12H2,1-3H3,(H,24,26);4-7,10-12,16H,3,8-9H2,1-2H3,(H,24,26);6-12,14H,5H2,1-4H3,(H,24,26);6-12H,4-5H2,1-3H3,(H,23,25). The number of benzene rings is 10. The predicted molar refractivity (Wildman–Crippen MR) is 545 cm³/mol. The van der Waals surface area contributed by atoms with E-state index in [9.17, 15) is 50.3 Å². The number of nitrogens with zero attached hydrogens (tertiary/aromatic N) is 12. The lowest BCUT2D eigenvalue weighted by Crippen LogP contribution is -2.34. The Balaban J connectivity index is 0.000000147. The number of hydrogen-bond donors (Lipinski definition) is 4. The van der Waals surface area contributed by atoms with E-state index in [-0.39, 0.29) is 35.6 Å². The van der Waals surface area contributed by atoms with E-state index in [2.05, 4.69) is 114 Å². The van der Waals surface area contributed by atoms with Crippen molar-refractivity contribution in [2.45, 2.75) is 119 Å². The summed E-state index contributed by atoms with van der Waals surface area (Å²) in [7, 11) is 11.8. The van der Waals surface area contributed by atoms with E-state index in [0.29, 0.717) is 87.1 Å². The maximum Gasteiger partial charge on any atom is 0.253 e. The maximum atomic E-state index is 13.0. The summed E-state index contributed by atoms with van der Waals surface area (Å²) in [5.41, 5.74) is 20.1. The van der Waals surface area contributed by atoms with Crippen molar-refractivity contribution in [3.8, 4) is 115 Å². The summed E-state index contributed by atoms with van der Waals surface area (Å²) < 4.78 is 42.2. The van der Waals surface area contributed by atoms with Crippen LogP contribution in [0.15, 0.2) is 212 Å². The molecule has 4 N–H and O–H groups in total. The van der Waals surface area contributed by atoms with E-state index in [1.165, 1.54) is 0 Å². The van der Waals surface area contributed by atoms with E-state index in [1.807, 2.05) is 209 Å². The molecule has 1 aliphatic heterocycles. The number of ether oxygens (including phenoxy) is 6. The molecule has 710 valence electrons. The van der Waals surface area contributed by atoms with Crippen molar-refractivity contribution >= 4 is 84.1 Å². The molecule has 0 radical (unpaired) electrons. The van der Waals surface area contributed by atoms with Crippen LogP contribution in [0, 0.1) is 56.7 Å². The Kier molecular flexibility index (Phi) is 33.3. The van der Waals surface area contributed by atoms with Crippen molar-refractivity contribution in [3.63, 3.8) is 0 Å². The van der Waals surface area contributed by atoms with Crippen LogP contribution in [0.1, 0.15) is 154 Å². The van der Waals surface area contributed by atoms with Crippen LogP contribution in [0.3, 0.4) is 0 Å². The molecule has 0 spiro atoms. The second kappa shape index (κ2) is 46.2. The van der Waals surface area contributed by atoms with E-state index in [0.717, 1.165) is 212 Å². The van der Waals surface area contributed by atoms with Crippen LogP contribution < -0.4 is 45.0 Å². The van der Waals surface area contributed by atoms with Gasteiger partial charge in [0.05, 0.1) is 126 Å². The van der Waals surface area contributed by atoms with Crippen LogP contribution in [-0.4, -0.2) is 170 Å². The van der Waals surface area contributed by atoms with E-state index >= 15 is 0 Å². The molecule has 0 unspecified atom stereocenters. The first kappa shape index (κ1) is 100. The molecule has 6 heterocycles. The number of aromatic nitrogens is 5. The minimum Gasteiger partial charge on any atom is -0.497 e. The van der Waals surface area contributed by atoms with Gasteiger partial charge in [-0.25, -0.2) is 0 Å². The Morgan fingerprint density at radius 1 is 0.353 bits per heavy atom. The zero-order valence-corrected chi connectivity index (χ0v) is 81.3. The number of rotatable bonds is 26. The quantitative estimate of drug-likeness (QED) is 0.0366. The number of nitrogens with one attached hydrogen (secondary N) is 4. The first-order chi connectivity index (χ1) is 67.5. The summed E-state index contributed by atoms with van der Waals surface area (Å²) in [5, 5.41) is 65.1. The van der Waals surface area contributed by atoms with Crippen LogP contribution in [0.2, 0.25) is 0 Å². The highest BCUT2D eigenvalue weighted by atomic mass is 16.5. The molecular formula is C112H116N16O11. The van der Waals surface area contributed by atoms with Crippen LogP contribution in [0.25, 0.3) is 111 Å². The molecule has 2 aliphatic rings. The molecular weight excluding hydrogens is 1750 g/mol. The smallest absolute Gasteiger partial charge is 0.253 e. The summed E-state index contributed by atoms with van der Waals surface area (Å²) in [6, 6.07) is 78.4. The zero-order chi connectivity index (χ0) is 99.3. The molecule has 1 saturated carbocycles. The Morgan fingerprint density at radius 3 is 0.892 bits per heavy atom. The molecule has 1 saturated heterocycles. The van der Waals surface area contributed by atoms with Crippen LogP contribution in [-0.2, 0) is 37.5 Å². The Labute approximate surface area is 810 Å². The third-order valence-electron chi connectivity index (χ3n) is 24.8. The van der Waals surface area contributed by atoms with E-state index in [1.54, 1.807) is 79.1 Å². The Bertz CT molecular complexity index is 7080. The molecule has 27 heteroatoms. The zero-order valence-electron chi connectivity index (χ0n) is 81.3. The molecule has 17 rings (SSSR count). The lowest BCUT2D eigenvalue weighted by molar-refractivity contribution is 0.0761. The topological polar surface area (TPSA) is 339 Å². The number of carbonyl (C=O) groups is 5. The first-order valence-corrected chi connectivity index (χ1v) is 46.7. The van der Waals surface area contributed by atoms with Crippen molar-refractivity contribution in [2.75, 3.05) is 95.6 Å². The van der Waals surface area contributed by atoms with Gasteiger partial charge >= 0.3 is 0 Å². The average Bonchev–Trinajstić information content (AvgIpc) is 1.63. The van der Waals surface area contributed by atoms with Gasteiger partial charge in [-0.15, -0.1) is 0 Å². The van der Waals surface area contributed by atoms with Gasteiger partial charge in [0, 0.05) is 139 Å². The highest BCUT2D eigenvalue weighted by Gasteiger charge is 2.29. The van der Waals surface area contributed by atoms with Gasteiger partial charge in [-0.3, -0.25) is 24.0 Å². The fourth-order valence-corrected chi connectivity index (χ4v) is 17.8. The van der Waals surface area contributed by atoms with Gasteiger partial charge in [-0.1, -0.05) is 60.7 Å². The molecule has 0 bridgehead atoms. The third kappa shape index (κ3) is 21.8. The number of aryl methyl sites for hydroxylation is 5. The molecule has 2 fully saturated rings. The summed E-state index contributed by atoms with van der Waals surface area (Å²) in [5.74, 6) is 3.31. The lowest BCUT2D eigenvalue weighted by Gasteiger charge is -2.20. The van der Waals surface area contributed by atoms with E-state index < -0.39 is 0 Å². The van der Waals surface area contributed by atoms with Crippen LogP contribution >= 0.6 is 0 Å². The Morgan fingerprint density at radius 2 is 0.633 bits per heavy atom. The van der Waals surface area contributed by atoms with Gasteiger partial charge in [-0.05, 0) is 268 Å². The van der Waals surface area contributed by atoms with Gasteiger partial charge in [0.2, 0.25) is 0 Å². The summed E-state index contributed by atoms with van der Waals surface area (Å²) in [6.45, 7) is 24.7. The van der Waals surface area contributed by atoms with Gasteiger partial charge in [0.15, 0.2) is 0 Å². The van der Waals surface area contributed by atoms with Gasteiger partial charge in [0.1, 0.15) is 59.1 Å². The second-order valence-corrected chi connectivity index (χ2v) is 33.6. The monoisotopic (exact) mass is 1860 g/mol. The minimum atomic E-state index is -0.148. The number of fused-ring (bicyclic) bond motifs is 5. The molecule has 15 aromatic rings. The molecule has 1 aliphatic carbocycles. The number of methoxy groups -OCH3 is 6. The summed E-state index contributed by atoms with van der Waals surface area (Å²) >= 11 is 0. The normalized spacial score (nSPS) is 12.2. The minimum absolute atomic E-state index is 0.0367. The molecule has 27 nitrogen and oxygen atoms in total. The summed E-state index contributed by atoms with van der Waals surface area (Å²) in [4.78, 5) is 65.8. The number of amides is 5. The van der Waals surface area contributed by atoms with Crippen molar-refractivity contribution < 1.29 is 52.4 Å². The summed E-state index contributed by atoms with van der Waals surface area (Å²) in [6.07, 6.45) is 3.12. The SMILES string of the molecule is CCNC(=O)c1ccc(-c2c(C#N)c3cc(OC)ccc3n2CC)cc1.CCn1c(-c2ccc(C(=O)N3CCCN(C)CC3)cc2)c(C#N)c2cc(OC)ccc21.CCn1c(-c2ccc(C(=O)NC(C)C)cc2)c(C#N)c2cc(OC)ccc21.CCn1c(-c2ccc(C(=O)NC3CC3)cc2)c(C#N)c2cc(OC)ccc21.CCn1c(-c2ccc(C(=O)NCCOC)cc2)c(C#N)c2cc(OC)ccc21. The number of carbonyl (C=O) groups excluding carboxylic acids is 5. The molecule has 0 atom stereocenters. The molecule has 139 heavy (non-hydrogen) atoms. The number of hydrogen-bond acceptors (Lipinski definition) is 17. The largest absolute Gasteiger partial charge is 0.497 e. The van der Waals surface area contributed by atoms with Gasteiger partial charge < -0.3 is 82.3 Å². The fourth-order valence-electron chi connectivity index (χ4n) is 17.8. The molecule has 10 aromatic carbocycles. The highest BCUT2D eigenvalue weighted by Crippen LogP contribution is 2.42. The van der Waals surface area contributed by atoms with Crippen molar-refractivity contribution in [2.24, 2.45) is 0 Å². The van der Waals surface area contributed by atoms with Crippen molar-refractivity contribution in [3.05, 3.63) is 268 Å². The molecule has 5 aromatic heterocycles. The fraction of sp³-hybridized carbons (Fsp3) is 0.286. The van der Waals surface area contributed by atoms with Crippen LogP contribution in [0.5, 0.6) is 28.7 Å². The maximum absolute atomic E-state index is 13.0.